The summed E-state index contributed by atoms with van der Waals surface area (Å²) in [5.74, 6) is -0.463. The lowest BCUT2D eigenvalue weighted by Crippen LogP contribution is -2.32. The van der Waals surface area contributed by atoms with E-state index >= 15 is 0 Å². The topological polar surface area (TPSA) is 76.7 Å². The molecule has 6 heteroatoms. The van der Waals surface area contributed by atoms with Gasteiger partial charge < -0.3 is 20.1 Å². The summed E-state index contributed by atoms with van der Waals surface area (Å²) in [6.07, 6.45) is 0. The minimum absolute atomic E-state index is 0.285. The fraction of sp³-hybridized carbons (Fsp3) is 0.385. The summed E-state index contributed by atoms with van der Waals surface area (Å²) >= 11 is 0. The number of amides is 2. The Kier molecular flexibility index (Phi) is 6.38. The normalized spacial score (nSPS) is 9.79. The summed E-state index contributed by atoms with van der Waals surface area (Å²) < 4.78 is 9.74. The smallest absolute Gasteiger partial charge is 0.340 e. The molecule has 0 unspecified atom stereocenters. The standard InChI is InChI=1S/C13H18N2O4/c1-3-19-12(16)10-6-4-5-7-11(10)15-13(17)14-8-9-18-2/h4-7H,3,8-9H2,1-2H3,(H2,14,15,17). The van der Waals surface area contributed by atoms with Crippen LogP contribution in [0.4, 0.5) is 10.5 Å². The Morgan fingerprint density at radius 2 is 2.00 bits per heavy atom. The Bertz CT molecular complexity index is 434. The Balaban J connectivity index is 2.67. The number of hydrogen-bond donors (Lipinski definition) is 2. The first kappa shape index (κ1) is 15.0. The Hall–Kier alpha value is -2.08. The molecule has 2 amide bonds. The summed E-state index contributed by atoms with van der Waals surface area (Å²) in [4.78, 5) is 23.3. The number of hydrogen-bond acceptors (Lipinski definition) is 4. The van der Waals surface area contributed by atoms with Gasteiger partial charge in [-0.1, -0.05) is 12.1 Å². The molecule has 2 N–H and O–H groups in total. The first-order valence-electron chi connectivity index (χ1n) is 5.99. The SMILES string of the molecule is CCOC(=O)c1ccccc1NC(=O)NCCOC. The van der Waals surface area contributed by atoms with Crippen molar-refractivity contribution in [2.45, 2.75) is 6.92 Å². The molecule has 0 saturated carbocycles. The number of methoxy groups -OCH3 is 1. The number of para-hydroxylation sites is 1. The van der Waals surface area contributed by atoms with Gasteiger partial charge in [-0.3, -0.25) is 0 Å². The molecule has 104 valence electrons. The lowest BCUT2D eigenvalue weighted by atomic mass is 10.2. The maximum Gasteiger partial charge on any atom is 0.340 e. The van der Waals surface area contributed by atoms with Gasteiger partial charge >= 0.3 is 12.0 Å². The second-order valence-corrected chi connectivity index (χ2v) is 3.64. The molecular weight excluding hydrogens is 248 g/mol. The van der Waals surface area contributed by atoms with Crippen LogP contribution in [0.1, 0.15) is 17.3 Å². The van der Waals surface area contributed by atoms with E-state index in [0.717, 1.165) is 0 Å². The number of esters is 1. The van der Waals surface area contributed by atoms with Gasteiger partial charge in [-0.25, -0.2) is 9.59 Å². The predicted molar refractivity (Wildman–Crippen MR) is 71.3 cm³/mol. The Labute approximate surface area is 112 Å². The molecule has 0 radical (unpaired) electrons. The van der Waals surface area contributed by atoms with Crippen LogP contribution >= 0.6 is 0 Å². The first-order chi connectivity index (χ1) is 9.19. The maximum atomic E-state index is 11.7. The van der Waals surface area contributed by atoms with Crippen molar-refractivity contribution < 1.29 is 19.1 Å². The molecule has 0 atom stereocenters. The van der Waals surface area contributed by atoms with Crippen molar-refractivity contribution in [3.8, 4) is 0 Å². The largest absolute Gasteiger partial charge is 0.462 e. The van der Waals surface area contributed by atoms with E-state index in [-0.39, 0.29) is 6.61 Å². The van der Waals surface area contributed by atoms with Crippen LogP contribution in [0.3, 0.4) is 0 Å². The van der Waals surface area contributed by atoms with Gasteiger partial charge in [0.1, 0.15) is 0 Å². The molecule has 0 aliphatic heterocycles. The van der Waals surface area contributed by atoms with Gasteiger partial charge in [0.25, 0.3) is 0 Å². The highest BCUT2D eigenvalue weighted by Crippen LogP contribution is 2.15. The lowest BCUT2D eigenvalue weighted by molar-refractivity contribution is 0.0527. The minimum Gasteiger partial charge on any atom is -0.462 e. The quantitative estimate of drug-likeness (QED) is 0.606. The summed E-state index contributed by atoms with van der Waals surface area (Å²) in [6, 6.07) is 6.28. The number of rotatable bonds is 6. The van der Waals surface area contributed by atoms with Crippen LogP contribution in [-0.2, 0) is 9.47 Å². The molecule has 1 aromatic rings. The molecule has 19 heavy (non-hydrogen) atoms. The van der Waals surface area contributed by atoms with Crippen LogP contribution in [-0.4, -0.2) is 38.9 Å². The third-order valence-corrected chi connectivity index (χ3v) is 2.26. The highest BCUT2D eigenvalue weighted by Gasteiger charge is 2.13. The summed E-state index contributed by atoms with van der Waals surface area (Å²) in [5.41, 5.74) is 0.738. The molecular formula is C13H18N2O4. The van der Waals surface area contributed by atoms with E-state index in [1.165, 1.54) is 0 Å². The van der Waals surface area contributed by atoms with E-state index in [1.54, 1.807) is 38.3 Å². The lowest BCUT2D eigenvalue weighted by Gasteiger charge is -2.11. The zero-order valence-corrected chi connectivity index (χ0v) is 11.1. The maximum absolute atomic E-state index is 11.7. The second kappa shape index (κ2) is 8.10. The zero-order valence-electron chi connectivity index (χ0n) is 11.1. The number of anilines is 1. The van der Waals surface area contributed by atoms with Crippen LogP contribution in [0.5, 0.6) is 0 Å². The van der Waals surface area contributed by atoms with Crippen LogP contribution < -0.4 is 10.6 Å². The summed E-state index contributed by atoms with van der Waals surface area (Å²) in [7, 11) is 1.55. The average Bonchev–Trinajstić information content (AvgIpc) is 2.40. The van der Waals surface area contributed by atoms with Gasteiger partial charge in [-0.05, 0) is 19.1 Å². The predicted octanol–water partition coefficient (Wildman–Crippen LogP) is 1.63. The van der Waals surface area contributed by atoms with Crippen molar-refractivity contribution in [3.05, 3.63) is 29.8 Å². The monoisotopic (exact) mass is 266 g/mol. The van der Waals surface area contributed by atoms with Gasteiger partial charge in [-0.2, -0.15) is 0 Å². The Morgan fingerprint density at radius 1 is 1.26 bits per heavy atom. The van der Waals surface area contributed by atoms with Crippen LogP contribution in [0.2, 0.25) is 0 Å². The van der Waals surface area contributed by atoms with Crippen molar-refractivity contribution in [1.29, 1.82) is 0 Å². The molecule has 0 heterocycles. The van der Waals surface area contributed by atoms with E-state index < -0.39 is 12.0 Å². The molecule has 0 aliphatic carbocycles. The molecule has 6 nitrogen and oxygen atoms in total. The molecule has 0 aliphatic rings. The Morgan fingerprint density at radius 3 is 2.68 bits per heavy atom. The first-order valence-corrected chi connectivity index (χ1v) is 5.99. The highest BCUT2D eigenvalue weighted by atomic mass is 16.5. The van der Waals surface area contributed by atoms with Crippen LogP contribution in [0.25, 0.3) is 0 Å². The van der Waals surface area contributed by atoms with Crippen molar-refractivity contribution >= 4 is 17.7 Å². The van der Waals surface area contributed by atoms with E-state index in [4.69, 9.17) is 9.47 Å². The second-order valence-electron chi connectivity index (χ2n) is 3.64. The molecule has 0 bridgehead atoms. The van der Waals surface area contributed by atoms with E-state index in [1.807, 2.05) is 0 Å². The average molecular weight is 266 g/mol. The molecule has 0 fully saturated rings. The number of nitrogens with one attached hydrogen (secondary N) is 2. The number of ether oxygens (including phenoxy) is 2. The van der Waals surface area contributed by atoms with Crippen molar-refractivity contribution in [1.82, 2.24) is 5.32 Å². The van der Waals surface area contributed by atoms with Crippen molar-refractivity contribution in [2.24, 2.45) is 0 Å². The minimum atomic E-state index is -0.463. The molecule has 0 spiro atoms. The number of urea groups is 1. The number of carbonyl (C=O) groups excluding carboxylic acids is 2. The number of carbonyl (C=O) groups is 2. The van der Waals surface area contributed by atoms with Crippen LogP contribution in [0, 0.1) is 0 Å². The molecule has 0 saturated heterocycles. The fourth-order valence-corrected chi connectivity index (χ4v) is 1.41. The van der Waals surface area contributed by atoms with E-state index in [2.05, 4.69) is 10.6 Å². The van der Waals surface area contributed by atoms with Gasteiger partial charge in [-0.15, -0.1) is 0 Å². The van der Waals surface area contributed by atoms with E-state index in [0.29, 0.717) is 24.4 Å². The third-order valence-electron chi connectivity index (χ3n) is 2.26. The molecule has 1 aromatic carbocycles. The summed E-state index contributed by atoms with van der Waals surface area (Å²) in [5, 5.41) is 5.21. The number of benzene rings is 1. The summed E-state index contributed by atoms with van der Waals surface area (Å²) in [6.45, 7) is 2.83. The van der Waals surface area contributed by atoms with Crippen molar-refractivity contribution in [2.75, 3.05) is 32.2 Å². The van der Waals surface area contributed by atoms with Gasteiger partial charge in [0, 0.05) is 13.7 Å². The van der Waals surface area contributed by atoms with E-state index in [9.17, 15) is 9.59 Å². The van der Waals surface area contributed by atoms with Gasteiger partial charge in [0.2, 0.25) is 0 Å². The highest BCUT2D eigenvalue weighted by molar-refractivity contribution is 6.00. The third kappa shape index (κ3) is 4.97. The fourth-order valence-electron chi connectivity index (χ4n) is 1.41. The molecule has 1 rings (SSSR count). The van der Waals surface area contributed by atoms with Gasteiger partial charge in [0.05, 0.1) is 24.5 Å². The zero-order chi connectivity index (χ0) is 14.1. The van der Waals surface area contributed by atoms with Gasteiger partial charge in [0.15, 0.2) is 0 Å². The molecule has 0 aromatic heterocycles. The van der Waals surface area contributed by atoms with Crippen molar-refractivity contribution in [3.63, 3.8) is 0 Å². The van der Waals surface area contributed by atoms with Crippen LogP contribution in [0.15, 0.2) is 24.3 Å².